The number of thioether (sulfide) groups is 1. The van der Waals surface area contributed by atoms with Gasteiger partial charge in [-0.2, -0.15) is 11.8 Å². The minimum atomic E-state index is -1.30. The minimum Gasteiger partial charge on any atom is -0.459 e. The second-order valence-electron chi connectivity index (χ2n) is 5.57. The molecule has 0 aromatic rings. The van der Waals surface area contributed by atoms with E-state index in [1.807, 2.05) is 6.26 Å². The van der Waals surface area contributed by atoms with E-state index in [9.17, 15) is 14.4 Å². The summed E-state index contributed by atoms with van der Waals surface area (Å²) in [6.07, 6.45) is 1.37. The van der Waals surface area contributed by atoms with Gasteiger partial charge in [0.25, 0.3) is 0 Å². The summed E-state index contributed by atoms with van der Waals surface area (Å²) in [6.45, 7) is 4.87. The predicted octanol–water partition coefficient (Wildman–Crippen LogP) is -0.621. The van der Waals surface area contributed by atoms with Crippen molar-refractivity contribution in [2.24, 2.45) is 23.1 Å². The Bertz CT molecular complexity index is 419. The van der Waals surface area contributed by atoms with Crippen molar-refractivity contribution in [3.8, 4) is 0 Å². The Labute approximate surface area is 140 Å². The molecule has 0 amide bonds. The lowest BCUT2D eigenvalue weighted by atomic mass is 10.1. The Morgan fingerprint density at radius 1 is 0.957 bits per heavy atom. The van der Waals surface area contributed by atoms with E-state index in [1.54, 1.807) is 25.6 Å². The molecule has 9 heteroatoms. The third-order valence-corrected chi connectivity index (χ3v) is 3.85. The van der Waals surface area contributed by atoms with Crippen LogP contribution in [0, 0.1) is 5.92 Å². The first-order chi connectivity index (χ1) is 10.6. The number of carbonyl (C=O) groups is 3. The van der Waals surface area contributed by atoms with Gasteiger partial charge in [0.15, 0.2) is 0 Å². The van der Waals surface area contributed by atoms with E-state index in [1.165, 1.54) is 6.92 Å². The van der Waals surface area contributed by atoms with Crippen LogP contribution in [0.4, 0.5) is 0 Å². The second-order valence-corrected chi connectivity index (χ2v) is 6.55. The lowest BCUT2D eigenvalue weighted by Crippen LogP contribution is -2.48. The number of hydrogen-bond acceptors (Lipinski definition) is 9. The van der Waals surface area contributed by atoms with Gasteiger partial charge in [-0.25, -0.2) is 9.59 Å². The van der Waals surface area contributed by atoms with E-state index in [2.05, 4.69) is 4.74 Å². The van der Waals surface area contributed by atoms with Gasteiger partial charge in [0.2, 0.25) is 0 Å². The maximum absolute atomic E-state index is 11.8. The average Bonchev–Trinajstić information content (AvgIpc) is 2.50. The Morgan fingerprint density at radius 3 is 1.96 bits per heavy atom. The summed E-state index contributed by atoms with van der Waals surface area (Å²) in [5.41, 5.74) is 16.9. The maximum atomic E-state index is 11.8. The highest BCUT2D eigenvalue weighted by molar-refractivity contribution is 7.98. The first kappa shape index (κ1) is 21.8. The molecule has 0 aromatic carbocycles. The van der Waals surface area contributed by atoms with Crippen molar-refractivity contribution >= 4 is 29.7 Å². The third kappa shape index (κ3) is 7.78. The summed E-state index contributed by atoms with van der Waals surface area (Å²) in [4.78, 5) is 35.2. The highest BCUT2D eigenvalue weighted by atomic mass is 32.2. The molecule has 0 fully saturated rings. The number of hydrogen-bond donors (Lipinski definition) is 3. The molecule has 0 spiro atoms. The lowest BCUT2D eigenvalue weighted by molar-refractivity contribution is -0.165. The monoisotopic (exact) mass is 349 g/mol. The second kappa shape index (κ2) is 10.6. The fraction of sp³-hybridized carbons (Fsp3) is 0.786. The van der Waals surface area contributed by atoms with Crippen LogP contribution in [-0.4, -0.2) is 54.1 Å². The van der Waals surface area contributed by atoms with Crippen LogP contribution in [0.2, 0.25) is 0 Å². The summed E-state index contributed by atoms with van der Waals surface area (Å²) in [5, 5.41) is 0. The molecule has 0 saturated carbocycles. The van der Waals surface area contributed by atoms with Gasteiger partial charge < -0.3 is 26.7 Å². The standard InChI is InChI=1S/C14H27N3O5S/c1-7(2)10(16)13(19)22-14(20)11(17)8(3)21-12(18)9(15)5-6-23-4/h7-11H,5-6,15-17H2,1-4H3/t8-,9+,10+,11+/m1/s1. The Morgan fingerprint density at radius 2 is 1.48 bits per heavy atom. The van der Waals surface area contributed by atoms with Crippen LogP contribution in [-0.2, 0) is 23.9 Å². The van der Waals surface area contributed by atoms with Crippen LogP contribution in [0.5, 0.6) is 0 Å². The number of esters is 3. The normalized spacial score (nSPS) is 16.3. The molecule has 6 N–H and O–H groups in total. The van der Waals surface area contributed by atoms with Crippen LogP contribution in [0.3, 0.4) is 0 Å². The minimum absolute atomic E-state index is 0.184. The zero-order chi connectivity index (χ0) is 18.2. The molecule has 0 aromatic heterocycles. The van der Waals surface area contributed by atoms with E-state index in [0.29, 0.717) is 12.2 Å². The third-order valence-electron chi connectivity index (χ3n) is 3.21. The van der Waals surface area contributed by atoms with E-state index < -0.39 is 42.1 Å². The Kier molecular flexibility index (Phi) is 10.1. The summed E-state index contributed by atoms with van der Waals surface area (Å²) >= 11 is 1.55. The molecule has 4 atom stereocenters. The first-order valence-electron chi connectivity index (χ1n) is 7.33. The van der Waals surface area contributed by atoms with Crippen LogP contribution in [0.1, 0.15) is 27.2 Å². The van der Waals surface area contributed by atoms with Gasteiger partial charge in [-0.3, -0.25) is 4.79 Å². The number of carbonyl (C=O) groups excluding carboxylic acids is 3. The molecule has 0 bridgehead atoms. The molecule has 23 heavy (non-hydrogen) atoms. The van der Waals surface area contributed by atoms with Crippen molar-refractivity contribution in [2.45, 2.75) is 51.4 Å². The zero-order valence-electron chi connectivity index (χ0n) is 14.0. The Hall–Kier alpha value is -1.16. The van der Waals surface area contributed by atoms with E-state index in [0.717, 1.165) is 0 Å². The molecule has 0 unspecified atom stereocenters. The fourth-order valence-corrected chi connectivity index (χ4v) is 1.90. The summed E-state index contributed by atoms with van der Waals surface area (Å²) in [7, 11) is 0. The van der Waals surface area contributed by atoms with E-state index >= 15 is 0 Å². The molecule has 0 aliphatic heterocycles. The summed E-state index contributed by atoms with van der Waals surface area (Å²) in [6, 6.07) is -3.01. The smallest absolute Gasteiger partial charge is 0.334 e. The zero-order valence-corrected chi connectivity index (χ0v) is 14.8. The SMILES string of the molecule is CSCC[C@H](N)C(=O)O[C@H](C)[C@H](N)C(=O)OC(=O)[C@@H](N)C(C)C. The molecular formula is C14H27N3O5S. The van der Waals surface area contributed by atoms with Crippen molar-refractivity contribution in [2.75, 3.05) is 12.0 Å². The predicted molar refractivity (Wildman–Crippen MR) is 88.4 cm³/mol. The fourth-order valence-electron chi connectivity index (χ4n) is 1.41. The Balaban J connectivity index is 4.47. The summed E-state index contributed by atoms with van der Waals surface area (Å²) < 4.78 is 9.65. The van der Waals surface area contributed by atoms with E-state index in [-0.39, 0.29) is 5.92 Å². The van der Waals surface area contributed by atoms with Crippen LogP contribution in [0.15, 0.2) is 0 Å². The quantitative estimate of drug-likeness (QED) is 0.366. The van der Waals surface area contributed by atoms with Gasteiger partial charge in [0, 0.05) is 0 Å². The molecule has 134 valence electrons. The largest absolute Gasteiger partial charge is 0.459 e. The highest BCUT2D eigenvalue weighted by Gasteiger charge is 2.30. The van der Waals surface area contributed by atoms with Gasteiger partial charge in [0.05, 0.1) is 0 Å². The first-order valence-corrected chi connectivity index (χ1v) is 8.72. The molecule has 0 rings (SSSR count). The number of rotatable bonds is 9. The molecular weight excluding hydrogens is 322 g/mol. The van der Waals surface area contributed by atoms with Crippen molar-refractivity contribution in [3.05, 3.63) is 0 Å². The lowest BCUT2D eigenvalue weighted by Gasteiger charge is -2.21. The van der Waals surface area contributed by atoms with E-state index in [4.69, 9.17) is 21.9 Å². The van der Waals surface area contributed by atoms with Gasteiger partial charge in [0.1, 0.15) is 24.2 Å². The molecule has 0 aliphatic carbocycles. The highest BCUT2D eigenvalue weighted by Crippen LogP contribution is 2.07. The van der Waals surface area contributed by atoms with Crippen LogP contribution in [0.25, 0.3) is 0 Å². The van der Waals surface area contributed by atoms with Crippen molar-refractivity contribution in [1.29, 1.82) is 0 Å². The maximum Gasteiger partial charge on any atom is 0.334 e. The topological polar surface area (TPSA) is 148 Å². The molecule has 0 saturated heterocycles. The molecule has 0 radical (unpaired) electrons. The van der Waals surface area contributed by atoms with Crippen molar-refractivity contribution in [3.63, 3.8) is 0 Å². The molecule has 0 aliphatic rings. The van der Waals surface area contributed by atoms with Crippen molar-refractivity contribution < 1.29 is 23.9 Å². The molecule has 8 nitrogen and oxygen atoms in total. The number of nitrogens with two attached hydrogens (primary N) is 3. The van der Waals surface area contributed by atoms with Crippen LogP contribution < -0.4 is 17.2 Å². The number of ether oxygens (including phenoxy) is 2. The van der Waals surface area contributed by atoms with Gasteiger partial charge in [-0.1, -0.05) is 13.8 Å². The molecule has 0 heterocycles. The van der Waals surface area contributed by atoms with Gasteiger partial charge in [-0.05, 0) is 31.3 Å². The summed E-state index contributed by atoms with van der Waals surface area (Å²) in [5.74, 6) is -1.99. The average molecular weight is 349 g/mol. The van der Waals surface area contributed by atoms with Gasteiger partial charge >= 0.3 is 17.9 Å². The van der Waals surface area contributed by atoms with Crippen LogP contribution >= 0.6 is 11.8 Å². The van der Waals surface area contributed by atoms with Gasteiger partial charge in [-0.15, -0.1) is 0 Å². The van der Waals surface area contributed by atoms with Crippen molar-refractivity contribution in [1.82, 2.24) is 0 Å².